The second kappa shape index (κ2) is 11.2. The summed E-state index contributed by atoms with van der Waals surface area (Å²) in [4.78, 5) is 11.5. The highest BCUT2D eigenvalue weighted by Crippen LogP contribution is 2.05. The number of thioether (sulfide) groups is 1. The summed E-state index contributed by atoms with van der Waals surface area (Å²) in [5.74, 6) is 2.05. The number of aliphatic hydroxyl groups is 1. The Hall–Kier alpha value is -0.260. The minimum Gasteiger partial charge on any atom is -0.396 e. The topological polar surface area (TPSA) is 75.4 Å². The number of hydrogen-bond acceptors (Lipinski definition) is 4. The Balaban J connectivity index is 3.35. The number of carbonyl (C=O) groups excluding carboxylic acids is 1. The second-order valence-corrected chi connectivity index (χ2v) is 5.04. The Morgan fingerprint density at radius 2 is 2.19 bits per heavy atom. The van der Waals surface area contributed by atoms with Crippen LogP contribution in [0, 0.1) is 5.92 Å². The van der Waals surface area contributed by atoms with E-state index in [4.69, 9.17) is 10.8 Å². The Kier molecular flexibility index (Phi) is 11.0. The van der Waals surface area contributed by atoms with Crippen molar-refractivity contribution in [2.24, 2.45) is 11.7 Å². The van der Waals surface area contributed by atoms with Crippen LogP contribution in [0.15, 0.2) is 0 Å². The molecule has 0 aromatic heterocycles. The third-order valence-corrected chi connectivity index (χ3v) is 3.35. The van der Waals surface area contributed by atoms with E-state index in [0.29, 0.717) is 13.1 Å². The minimum atomic E-state index is 0.0611. The lowest BCUT2D eigenvalue weighted by atomic mass is 10.1. The molecule has 0 aliphatic rings. The first-order valence-corrected chi connectivity index (χ1v) is 7.04. The summed E-state index contributed by atoms with van der Waals surface area (Å²) in [5.41, 5.74) is 5.39. The van der Waals surface area contributed by atoms with Crippen LogP contribution < -0.4 is 11.1 Å². The van der Waals surface area contributed by atoms with Gasteiger partial charge in [0.15, 0.2) is 0 Å². The molecule has 0 heterocycles. The Bertz CT molecular complexity index is 179. The highest BCUT2D eigenvalue weighted by Gasteiger charge is 2.10. The molecular weight excluding hydrogens is 224 g/mol. The number of hydrogen-bond donors (Lipinski definition) is 3. The van der Waals surface area contributed by atoms with Crippen LogP contribution in [0.2, 0.25) is 0 Å². The molecule has 0 spiro atoms. The molecule has 4 nitrogen and oxygen atoms in total. The van der Waals surface area contributed by atoms with Gasteiger partial charge in [0, 0.05) is 24.8 Å². The van der Waals surface area contributed by atoms with Crippen molar-refractivity contribution in [3.8, 4) is 0 Å². The average molecular weight is 248 g/mol. The largest absolute Gasteiger partial charge is 0.396 e. The second-order valence-electron chi connectivity index (χ2n) is 3.81. The predicted molar refractivity (Wildman–Crippen MR) is 69.5 cm³/mol. The van der Waals surface area contributed by atoms with Gasteiger partial charge in [0.25, 0.3) is 0 Å². The van der Waals surface area contributed by atoms with Crippen LogP contribution in [-0.4, -0.2) is 42.2 Å². The lowest BCUT2D eigenvalue weighted by Crippen LogP contribution is -2.31. The van der Waals surface area contributed by atoms with Gasteiger partial charge in [-0.25, -0.2) is 0 Å². The lowest BCUT2D eigenvalue weighted by molar-refractivity contribution is -0.124. The van der Waals surface area contributed by atoms with Crippen molar-refractivity contribution < 1.29 is 9.90 Å². The summed E-state index contributed by atoms with van der Waals surface area (Å²) in [7, 11) is 0. The fourth-order valence-corrected chi connectivity index (χ4v) is 2.03. The van der Waals surface area contributed by atoms with Gasteiger partial charge in [-0.05, 0) is 31.6 Å². The molecule has 1 unspecified atom stereocenters. The van der Waals surface area contributed by atoms with Gasteiger partial charge in [0.2, 0.25) is 5.91 Å². The first-order valence-electron chi connectivity index (χ1n) is 5.88. The fourth-order valence-electron chi connectivity index (χ4n) is 1.24. The molecule has 0 fully saturated rings. The van der Waals surface area contributed by atoms with E-state index >= 15 is 0 Å². The molecule has 0 radical (unpaired) electrons. The smallest absolute Gasteiger partial charge is 0.222 e. The maximum Gasteiger partial charge on any atom is 0.222 e. The van der Waals surface area contributed by atoms with Crippen molar-refractivity contribution in [2.75, 3.05) is 31.2 Å². The predicted octanol–water partition coefficient (Wildman–Crippen LogP) is 0.593. The summed E-state index contributed by atoms with van der Waals surface area (Å²) < 4.78 is 0. The van der Waals surface area contributed by atoms with Gasteiger partial charge in [0.05, 0.1) is 0 Å². The standard InChI is InChI=1S/C11H24N2O2S/c1-10(4-2-5-12)11(15)13-6-9-16-8-3-7-14/h10,14H,2-9,12H2,1H3,(H,13,15). The third kappa shape index (κ3) is 9.00. The molecule has 0 aromatic carbocycles. The summed E-state index contributed by atoms with van der Waals surface area (Å²) in [6.07, 6.45) is 2.59. The first-order chi connectivity index (χ1) is 7.72. The van der Waals surface area contributed by atoms with Crippen molar-refractivity contribution in [3.63, 3.8) is 0 Å². The van der Waals surface area contributed by atoms with Crippen LogP contribution in [0.1, 0.15) is 26.2 Å². The molecule has 0 aliphatic heterocycles. The van der Waals surface area contributed by atoms with Crippen molar-refractivity contribution >= 4 is 17.7 Å². The average Bonchev–Trinajstić information content (AvgIpc) is 2.30. The van der Waals surface area contributed by atoms with Crippen molar-refractivity contribution in [1.29, 1.82) is 0 Å². The molecule has 16 heavy (non-hydrogen) atoms. The molecule has 0 aromatic rings. The summed E-state index contributed by atoms with van der Waals surface area (Å²) >= 11 is 1.75. The van der Waals surface area contributed by atoms with E-state index in [2.05, 4.69) is 5.32 Å². The Labute approximate surface area is 102 Å². The van der Waals surface area contributed by atoms with Crippen LogP contribution in [0.5, 0.6) is 0 Å². The van der Waals surface area contributed by atoms with Gasteiger partial charge in [0.1, 0.15) is 0 Å². The molecule has 0 bridgehead atoms. The van der Waals surface area contributed by atoms with Gasteiger partial charge >= 0.3 is 0 Å². The van der Waals surface area contributed by atoms with Gasteiger partial charge < -0.3 is 16.2 Å². The van der Waals surface area contributed by atoms with Gasteiger partial charge in [-0.3, -0.25) is 4.79 Å². The zero-order chi connectivity index (χ0) is 12.2. The van der Waals surface area contributed by atoms with Crippen molar-refractivity contribution in [2.45, 2.75) is 26.2 Å². The van der Waals surface area contributed by atoms with Crippen LogP contribution in [0.25, 0.3) is 0 Å². The quantitative estimate of drug-likeness (QED) is 0.495. The SMILES string of the molecule is CC(CCCN)C(=O)NCCSCCCO. The van der Waals surface area contributed by atoms with Gasteiger partial charge in [-0.2, -0.15) is 11.8 Å². The number of rotatable bonds is 10. The number of nitrogens with one attached hydrogen (secondary N) is 1. The van der Waals surface area contributed by atoms with Gasteiger partial charge in [-0.1, -0.05) is 6.92 Å². The van der Waals surface area contributed by atoms with E-state index in [9.17, 15) is 4.79 Å². The molecule has 1 amide bonds. The zero-order valence-electron chi connectivity index (χ0n) is 10.1. The maximum absolute atomic E-state index is 11.5. The van der Waals surface area contributed by atoms with E-state index in [1.807, 2.05) is 6.92 Å². The van der Waals surface area contributed by atoms with E-state index in [0.717, 1.165) is 30.8 Å². The number of carbonyl (C=O) groups is 1. The summed E-state index contributed by atoms with van der Waals surface area (Å²) in [6, 6.07) is 0. The minimum absolute atomic E-state index is 0.0611. The van der Waals surface area contributed by atoms with Crippen LogP contribution in [-0.2, 0) is 4.79 Å². The molecular formula is C11H24N2O2S. The molecule has 0 aliphatic carbocycles. The zero-order valence-corrected chi connectivity index (χ0v) is 10.9. The highest BCUT2D eigenvalue weighted by molar-refractivity contribution is 7.99. The molecule has 0 rings (SSSR count). The summed E-state index contributed by atoms with van der Waals surface area (Å²) in [5, 5.41) is 11.5. The van der Waals surface area contributed by atoms with Crippen LogP contribution in [0.4, 0.5) is 0 Å². The molecule has 4 N–H and O–H groups in total. The van der Waals surface area contributed by atoms with E-state index in [1.165, 1.54) is 0 Å². The number of aliphatic hydroxyl groups excluding tert-OH is 1. The van der Waals surface area contributed by atoms with Crippen LogP contribution >= 0.6 is 11.8 Å². The third-order valence-electron chi connectivity index (χ3n) is 2.28. The Morgan fingerprint density at radius 3 is 2.81 bits per heavy atom. The van der Waals surface area contributed by atoms with E-state index < -0.39 is 0 Å². The molecule has 0 saturated heterocycles. The molecule has 5 heteroatoms. The number of amides is 1. The summed E-state index contributed by atoms with van der Waals surface area (Å²) in [6.45, 7) is 3.54. The first kappa shape index (κ1) is 15.7. The molecule has 96 valence electrons. The van der Waals surface area contributed by atoms with E-state index in [-0.39, 0.29) is 18.4 Å². The maximum atomic E-state index is 11.5. The van der Waals surface area contributed by atoms with Crippen molar-refractivity contribution in [3.05, 3.63) is 0 Å². The normalized spacial score (nSPS) is 12.4. The van der Waals surface area contributed by atoms with Gasteiger partial charge in [-0.15, -0.1) is 0 Å². The number of nitrogens with two attached hydrogens (primary N) is 1. The van der Waals surface area contributed by atoms with Crippen molar-refractivity contribution in [1.82, 2.24) is 5.32 Å². The fraction of sp³-hybridized carbons (Fsp3) is 0.909. The van der Waals surface area contributed by atoms with Crippen LogP contribution in [0.3, 0.4) is 0 Å². The highest BCUT2D eigenvalue weighted by atomic mass is 32.2. The Morgan fingerprint density at radius 1 is 1.44 bits per heavy atom. The van der Waals surface area contributed by atoms with E-state index in [1.54, 1.807) is 11.8 Å². The lowest BCUT2D eigenvalue weighted by Gasteiger charge is -2.11. The molecule has 0 saturated carbocycles. The monoisotopic (exact) mass is 248 g/mol. The molecule has 1 atom stereocenters.